The lowest BCUT2D eigenvalue weighted by molar-refractivity contribution is -0.116. The first-order valence-electron chi connectivity index (χ1n) is 7.04. The highest BCUT2D eigenvalue weighted by Crippen LogP contribution is 2.35. The molecular formula is C15H12BrN5O2. The van der Waals surface area contributed by atoms with Gasteiger partial charge in [0.1, 0.15) is 12.1 Å². The molecule has 8 heteroatoms. The molecule has 0 radical (unpaired) electrons. The van der Waals surface area contributed by atoms with E-state index in [2.05, 4.69) is 31.3 Å². The summed E-state index contributed by atoms with van der Waals surface area (Å²) in [7, 11) is 1.65. The fourth-order valence-corrected chi connectivity index (χ4v) is 3.44. The highest BCUT2D eigenvalue weighted by Gasteiger charge is 2.32. The van der Waals surface area contributed by atoms with Crippen molar-refractivity contribution in [2.45, 2.75) is 12.3 Å². The molecule has 0 bridgehead atoms. The van der Waals surface area contributed by atoms with Crippen LogP contribution in [0.3, 0.4) is 0 Å². The van der Waals surface area contributed by atoms with Crippen LogP contribution in [-0.4, -0.2) is 25.1 Å². The van der Waals surface area contributed by atoms with Crippen molar-refractivity contribution in [1.82, 2.24) is 19.2 Å². The van der Waals surface area contributed by atoms with E-state index in [1.165, 1.54) is 15.4 Å². The van der Waals surface area contributed by atoms with E-state index < -0.39 is 0 Å². The number of amides is 1. The number of aromatic nitrogens is 4. The minimum Gasteiger partial charge on any atom is -0.310 e. The fraction of sp³-hybridized carbons (Fsp3) is 0.200. The SMILES string of the molecule is Cn1c(=O)c2c(n3ncnc13)NC(=O)C[C@H]2c1cccc(Br)c1. The van der Waals surface area contributed by atoms with Crippen LogP contribution in [0.4, 0.5) is 5.82 Å². The van der Waals surface area contributed by atoms with Gasteiger partial charge < -0.3 is 5.32 Å². The van der Waals surface area contributed by atoms with E-state index in [0.717, 1.165) is 10.0 Å². The third-order valence-electron chi connectivity index (χ3n) is 4.08. The van der Waals surface area contributed by atoms with Crippen LogP contribution in [-0.2, 0) is 11.8 Å². The minimum atomic E-state index is -0.316. The largest absolute Gasteiger partial charge is 0.310 e. The van der Waals surface area contributed by atoms with Crippen LogP contribution in [0.1, 0.15) is 23.5 Å². The lowest BCUT2D eigenvalue weighted by Gasteiger charge is -2.26. The Bertz CT molecular complexity index is 1010. The Hall–Kier alpha value is -2.48. The second kappa shape index (κ2) is 5.02. The van der Waals surface area contributed by atoms with Crippen LogP contribution in [0.2, 0.25) is 0 Å². The third kappa shape index (κ3) is 2.09. The van der Waals surface area contributed by atoms with Crippen molar-refractivity contribution in [3.63, 3.8) is 0 Å². The molecule has 2 aromatic heterocycles. The van der Waals surface area contributed by atoms with Crippen molar-refractivity contribution in [2.24, 2.45) is 7.05 Å². The van der Waals surface area contributed by atoms with Gasteiger partial charge in [0.25, 0.3) is 5.56 Å². The van der Waals surface area contributed by atoms with Gasteiger partial charge in [0.15, 0.2) is 0 Å². The maximum atomic E-state index is 12.8. The van der Waals surface area contributed by atoms with E-state index in [4.69, 9.17) is 0 Å². The number of aryl methyl sites for hydroxylation is 1. The molecule has 0 saturated carbocycles. The van der Waals surface area contributed by atoms with Crippen LogP contribution in [0, 0.1) is 0 Å². The van der Waals surface area contributed by atoms with Gasteiger partial charge in [-0.2, -0.15) is 14.6 Å². The highest BCUT2D eigenvalue weighted by atomic mass is 79.9. The van der Waals surface area contributed by atoms with Crippen LogP contribution in [0.15, 0.2) is 39.9 Å². The quantitative estimate of drug-likeness (QED) is 0.703. The summed E-state index contributed by atoms with van der Waals surface area (Å²) in [6, 6.07) is 7.65. The Morgan fingerprint density at radius 3 is 2.96 bits per heavy atom. The van der Waals surface area contributed by atoms with E-state index in [-0.39, 0.29) is 23.8 Å². The number of carbonyl (C=O) groups is 1. The fourth-order valence-electron chi connectivity index (χ4n) is 3.02. The first-order valence-corrected chi connectivity index (χ1v) is 7.83. The molecule has 116 valence electrons. The van der Waals surface area contributed by atoms with Gasteiger partial charge in [-0.25, -0.2) is 0 Å². The topological polar surface area (TPSA) is 81.3 Å². The summed E-state index contributed by atoms with van der Waals surface area (Å²) in [5.41, 5.74) is 1.26. The summed E-state index contributed by atoms with van der Waals surface area (Å²) >= 11 is 3.44. The van der Waals surface area contributed by atoms with E-state index in [0.29, 0.717) is 17.2 Å². The van der Waals surface area contributed by atoms with Crippen LogP contribution < -0.4 is 10.9 Å². The second-order valence-corrected chi connectivity index (χ2v) is 6.37. The molecule has 7 nitrogen and oxygen atoms in total. The van der Waals surface area contributed by atoms with E-state index >= 15 is 0 Å². The molecule has 23 heavy (non-hydrogen) atoms. The maximum absolute atomic E-state index is 12.8. The third-order valence-corrected chi connectivity index (χ3v) is 4.57. The molecule has 0 fully saturated rings. The minimum absolute atomic E-state index is 0.146. The first kappa shape index (κ1) is 14.1. The van der Waals surface area contributed by atoms with Crippen molar-refractivity contribution in [2.75, 3.05) is 5.32 Å². The molecular weight excluding hydrogens is 362 g/mol. The van der Waals surface area contributed by atoms with Gasteiger partial charge in [-0.15, -0.1) is 0 Å². The molecule has 0 aliphatic carbocycles. The monoisotopic (exact) mass is 373 g/mol. The van der Waals surface area contributed by atoms with Crippen molar-refractivity contribution in [3.05, 3.63) is 56.5 Å². The Kier molecular flexibility index (Phi) is 3.08. The number of halogens is 1. The summed E-state index contributed by atoms with van der Waals surface area (Å²) in [6.45, 7) is 0. The van der Waals surface area contributed by atoms with Crippen LogP contribution >= 0.6 is 15.9 Å². The number of benzene rings is 1. The van der Waals surface area contributed by atoms with Gasteiger partial charge in [0, 0.05) is 23.9 Å². The summed E-state index contributed by atoms with van der Waals surface area (Å²) in [4.78, 5) is 29.1. The Labute approximate surface area is 139 Å². The van der Waals surface area contributed by atoms with Gasteiger partial charge in [-0.1, -0.05) is 28.1 Å². The zero-order valence-electron chi connectivity index (χ0n) is 12.2. The molecule has 1 N–H and O–H groups in total. The highest BCUT2D eigenvalue weighted by molar-refractivity contribution is 9.10. The first-order chi connectivity index (χ1) is 11.1. The summed E-state index contributed by atoms with van der Waals surface area (Å²) < 4.78 is 3.86. The van der Waals surface area contributed by atoms with Gasteiger partial charge >= 0.3 is 0 Å². The molecule has 3 heterocycles. The molecule has 1 aromatic carbocycles. The molecule has 1 atom stereocenters. The lowest BCUT2D eigenvalue weighted by Crippen LogP contribution is -2.35. The molecule has 0 saturated heterocycles. The van der Waals surface area contributed by atoms with E-state index in [1.807, 2.05) is 24.3 Å². The molecule has 1 aliphatic heterocycles. The average Bonchev–Trinajstić information content (AvgIpc) is 3.01. The molecule has 4 rings (SSSR count). The predicted molar refractivity (Wildman–Crippen MR) is 87.5 cm³/mol. The summed E-state index contributed by atoms with van der Waals surface area (Å²) in [6.07, 6.45) is 1.59. The summed E-state index contributed by atoms with van der Waals surface area (Å²) in [5, 5.41) is 6.90. The number of fused-ring (bicyclic) bond motifs is 3. The molecule has 1 aliphatic rings. The molecule has 0 spiro atoms. The Balaban J connectivity index is 2.05. The number of nitrogens with zero attached hydrogens (tertiary/aromatic N) is 4. The van der Waals surface area contributed by atoms with Gasteiger partial charge in [0.2, 0.25) is 11.7 Å². The molecule has 1 amide bonds. The van der Waals surface area contributed by atoms with Crippen molar-refractivity contribution < 1.29 is 4.79 Å². The van der Waals surface area contributed by atoms with Gasteiger partial charge in [0.05, 0.1) is 5.56 Å². The van der Waals surface area contributed by atoms with Crippen LogP contribution in [0.5, 0.6) is 0 Å². The number of hydrogen-bond donors (Lipinski definition) is 1. The number of rotatable bonds is 1. The molecule has 0 unspecified atom stereocenters. The average molecular weight is 374 g/mol. The van der Waals surface area contributed by atoms with Crippen LogP contribution in [0.25, 0.3) is 5.78 Å². The maximum Gasteiger partial charge on any atom is 0.260 e. The number of carbonyl (C=O) groups excluding carboxylic acids is 1. The van der Waals surface area contributed by atoms with Crippen molar-refractivity contribution in [1.29, 1.82) is 0 Å². The number of nitrogens with one attached hydrogen (secondary N) is 1. The van der Waals surface area contributed by atoms with Gasteiger partial charge in [-0.05, 0) is 17.7 Å². The number of hydrogen-bond acceptors (Lipinski definition) is 4. The zero-order valence-corrected chi connectivity index (χ0v) is 13.7. The zero-order chi connectivity index (χ0) is 16.1. The number of anilines is 1. The lowest BCUT2D eigenvalue weighted by atomic mass is 9.87. The van der Waals surface area contributed by atoms with Crippen molar-refractivity contribution in [3.8, 4) is 0 Å². The normalized spacial score (nSPS) is 17.1. The van der Waals surface area contributed by atoms with E-state index in [1.54, 1.807) is 7.05 Å². The Morgan fingerprint density at radius 1 is 1.35 bits per heavy atom. The summed E-state index contributed by atoms with van der Waals surface area (Å²) in [5.74, 6) is 0.335. The van der Waals surface area contributed by atoms with Crippen molar-refractivity contribution >= 4 is 33.4 Å². The predicted octanol–water partition coefficient (Wildman–Crippen LogP) is 1.66. The standard InChI is InChI=1S/C15H12BrN5O2/c1-20-14(23)12-10(8-3-2-4-9(16)5-8)6-11(22)19-13(12)21-15(20)17-7-18-21/h2-5,7,10H,6H2,1H3,(H,19,22)/t10-/m0/s1. The smallest absolute Gasteiger partial charge is 0.260 e. The molecule has 3 aromatic rings. The van der Waals surface area contributed by atoms with Gasteiger partial charge in [-0.3, -0.25) is 14.2 Å². The second-order valence-electron chi connectivity index (χ2n) is 5.46. The van der Waals surface area contributed by atoms with E-state index in [9.17, 15) is 9.59 Å². The Morgan fingerprint density at radius 2 is 2.17 bits per heavy atom.